The molecule has 0 atom stereocenters. The van der Waals surface area contributed by atoms with Gasteiger partial charge in [0.25, 0.3) is 11.8 Å². The molecule has 2 aromatic heterocycles. The highest BCUT2D eigenvalue weighted by molar-refractivity contribution is 5.97. The number of carbonyl (C=O) groups excluding carboxylic acids is 2. The third-order valence-electron chi connectivity index (χ3n) is 3.85. The van der Waals surface area contributed by atoms with Crippen LogP contribution in [0.1, 0.15) is 32.4 Å². The van der Waals surface area contributed by atoms with Crippen LogP contribution in [0.5, 0.6) is 5.75 Å². The Morgan fingerprint density at radius 3 is 2.79 bits per heavy atom. The van der Waals surface area contributed by atoms with E-state index in [1.807, 2.05) is 31.2 Å². The van der Waals surface area contributed by atoms with Crippen molar-refractivity contribution in [3.8, 4) is 5.75 Å². The molecule has 0 bridgehead atoms. The van der Waals surface area contributed by atoms with E-state index in [4.69, 9.17) is 10.2 Å². The molecule has 3 rings (SSSR count). The van der Waals surface area contributed by atoms with Gasteiger partial charge in [0.15, 0.2) is 11.5 Å². The fraction of sp³-hybridized carbons (Fsp3) is 0.176. The van der Waals surface area contributed by atoms with Crippen LogP contribution < -0.4 is 11.1 Å². The molecule has 3 aromatic rings. The summed E-state index contributed by atoms with van der Waals surface area (Å²) < 4.78 is 4.98. The number of rotatable bonds is 5. The number of nitrogens with two attached hydrogens (primary N) is 1. The van der Waals surface area contributed by atoms with Crippen LogP contribution in [-0.2, 0) is 6.42 Å². The van der Waals surface area contributed by atoms with Gasteiger partial charge in [-0.1, -0.05) is 18.2 Å². The first-order valence-electron chi connectivity index (χ1n) is 7.44. The molecule has 2 amide bonds. The van der Waals surface area contributed by atoms with Gasteiger partial charge in [-0.3, -0.25) is 9.59 Å². The summed E-state index contributed by atoms with van der Waals surface area (Å²) in [4.78, 5) is 26.4. The van der Waals surface area contributed by atoms with Gasteiger partial charge in [0, 0.05) is 29.2 Å². The highest BCUT2D eigenvalue weighted by Crippen LogP contribution is 2.23. The number of aryl methyl sites for hydroxylation is 1. The van der Waals surface area contributed by atoms with Crippen LogP contribution in [0.3, 0.4) is 0 Å². The van der Waals surface area contributed by atoms with E-state index in [1.54, 1.807) is 0 Å². The number of aromatic hydroxyl groups is 1. The number of fused-ring (bicyclic) bond motifs is 1. The molecule has 0 aliphatic heterocycles. The minimum atomic E-state index is -0.930. The van der Waals surface area contributed by atoms with Crippen LogP contribution >= 0.6 is 0 Å². The fourth-order valence-corrected chi connectivity index (χ4v) is 2.71. The Kier molecular flexibility index (Phi) is 3.99. The van der Waals surface area contributed by atoms with E-state index in [2.05, 4.69) is 10.3 Å². The minimum absolute atomic E-state index is 0.156. The van der Waals surface area contributed by atoms with E-state index < -0.39 is 23.3 Å². The zero-order valence-corrected chi connectivity index (χ0v) is 13.1. The molecule has 5 N–H and O–H groups in total. The normalized spacial score (nSPS) is 10.9. The molecule has 0 radical (unpaired) electrons. The van der Waals surface area contributed by atoms with Crippen LogP contribution in [0.15, 0.2) is 34.7 Å². The molecule has 0 spiro atoms. The van der Waals surface area contributed by atoms with Crippen molar-refractivity contribution in [2.75, 3.05) is 6.54 Å². The van der Waals surface area contributed by atoms with Crippen LogP contribution in [0.25, 0.3) is 10.9 Å². The number of carbonyl (C=O) groups is 2. The molecule has 0 saturated carbocycles. The summed E-state index contributed by atoms with van der Waals surface area (Å²) in [6.45, 7) is 2.37. The van der Waals surface area contributed by atoms with Crippen molar-refractivity contribution in [2.24, 2.45) is 5.73 Å². The third kappa shape index (κ3) is 2.83. The van der Waals surface area contributed by atoms with Gasteiger partial charge in [0.2, 0.25) is 5.76 Å². The number of nitrogens with one attached hydrogen (secondary N) is 2. The van der Waals surface area contributed by atoms with Gasteiger partial charge < -0.3 is 25.6 Å². The molecule has 0 saturated heterocycles. The number of aromatic nitrogens is 1. The van der Waals surface area contributed by atoms with Crippen LogP contribution in [0, 0.1) is 6.92 Å². The topological polar surface area (TPSA) is 121 Å². The molecular formula is C17H17N3O4. The lowest BCUT2D eigenvalue weighted by molar-refractivity contribution is 0.0916. The first-order chi connectivity index (χ1) is 11.5. The summed E-state index contributed by atoms with van der Waals surface area (Å²) in [5.74, 6) is -2.47. The zero-order valence-electron chi connectivity index (χ0n) is 13.1. The fourth-order valence-electron chi connectivity index (χ4n) is 2.71. The highest BCUT2D eigenvalue weighted by atomic mass is 16.4. The largest absolute Gasteiger partial charge is 0.504 e. The average molecular weight is 327 g/mol. The Bertz CT molecular complexity index is 923. The molecule has 0 aliphatic carbocycles. The van der Waals surface area contributed by atoms with E-state index in [0.717, 1.165) is 28.2 Å². The second kappa shape index (κ2) is 6.11. The van der Waals surface area contributed by atoms with Gasteiger partial charge in [-0.2, -0.15) is 0 Å². The smallest absolute Gasteiger partial charge is 0.288 e. The summed E-state index contributed by atoms with van der Waals surface area (Å²) in [6.07, 6.45) is 0.636. The van der Waals surface area contributed by atoms with E-state index in [0.29, 0.717) is 13.0 Å². The number of primary amides is 1. The van der Waals surface area contributed by atoms with Crippen LogP contribution in [0.2, 0.25) is 0 Å². The Labute approximate surface area is 137 Å². The number of benzene rings is 1. The maximum atomic E-state index is 12.0. The second-order valence-corrected chi connectivity index (χ2v) is 5.47. The molecule has 124 valence electrons. The summed E-state index contributed by atoms with van der Waals surface area (Å²) in [5, 5.41) is 13.3. The number of amides is 2. The Hall–Kier alpha value is -3.22. The van der Waals surface area contributed by atoms with Gasteiger partial charge >= 0.3 is 0 Å². The maximum Gasteiger partial charge on any atom is 0.288 e. The van der Waals surface area contributed by atoms with Crippen molar-refractivity contribution in [3.63, 3.8) is 0 Å². The van der Waals surface area contributed by atoms with Crippen molar-refractivity contribution < 1.29 is 19.1 Å². The number of hydrogen-bond acceptors (Lipinski definition) is 4. The summed E-state index contributed by atoms with van der Waals surface area (Å²) in [5.41, 5.74) is 8.27. The predicted molar refractivity (Wildman–Crippen MR) is 88.0 cm³/mol. The quantitative estimate of drug-likeness (QED) is 0.571. The Balaban J connectivity index is 1.67. The molecule has 2 heterocycles. The molecule has 0 unspecified atom stereocenters. The summed E-state index contributed by atoms with van der Waals surface area (Å²) in [6, 6.07) is 9.03. The lowest BCUT2D eigenvalue weighted by Gasteiger charge is -2.04. The molecule has 24 heavy (non-hydrogen) atoms. The van der Waals surface area contributed by atoms with Crippen LogP contribution in [0.4, 0.5) is 0 Å². The number of para-hydroxylation sites is 1. The zero-order chi connectivity index (χ0) is 17.3. The number of furan rings is 1. The molecule has 0 fully saturated rings. The lowest BCUT2D eigenvalue weighted by Crippen LogP contribution is -2.25. The molecule has 7 heteroatoms. The van der Waals surface area contributed by atoms with Gasteiger partial charge in [0.05, 0.1) is 0 Å². The van der Waals surface area contributed by atoms with Crippen molar-refractivity contribution in [2.45, 2.75) is 13.3 Å². The van der Waals surface area contributed by atoms with E-state index in [1.165, 1.54) is 0 Å². The monoisotopic (exact) mass is 327 g/mol. The van der Waals surface area contributed by atoms with E-state index in [-0.39, 0.29) is 5.76 Å². The number of hydrogen-bond donors (Lipinski definition) is 4. The SMILES string of the molecule is Cc1[nH]c2ccccc2c1CCNC(=O)c1cc(O)c(C(N)=O)o1. The molecular weight excluding hydrogens is 310 g/mol. The van der Waals surface area contributed by atoms with Gasteiger partial charge in [-0.05, 0) is 25.0 Å². The number of aromatic amines is 1. The first-order valence-corrected chi connectivity index (χ1v) is 7.44. The standard InChI is InChI=1S/C17H17N3O4/c1-9-10(11-4-2-3-5-12(11)20-9)6-7-19-17(23)14-8-13(21)15(24-14)16(18)22/h2-5,8,20-21H,6-7H2,1H3,(H2,18,22)(H,19,23). The number of H-pyrrole nitrogens is 1. The van der Waals surface area contributed by atoms with Crippen molar-refractivity contribution in [1.29, 1.82) is 0 Å². The lowest BCUT2D eigenvalue weighted by atomic mass is 10.1. The van der Waals surface area contributed by atoms with Crippen molar-refractivity contribution in [1.82, 2.24) is 10.3 Å². The second-order valence-electron chi connectivity index (χ2n) is 5.47. The van der Waals surface area contributed by atoms with E-state index >= 15 is 0 Å². The molecule has 1 aromatic carbocycles. The average Bonchev–Trinajstić information content (AvgIpc) is 3.08. The molecule has 7 nitrogen and oxygen atoms in total. The Morgan fingerprint density at radius 1 is 1.33 bits per heavy atom. The minimum Gasteiger partial charge on any atom is -0.504 e. The summed E-state index contributed by atoms with van der Waals surface area (Å²) >= 11 is 0. The van der Waals surface area contributed by atoms with Crippen LogP contribution in [-0.4, -0.2) is 28.4 Å². The van der Waals surface area contributed by atoms with Crippen molar-refractivity contribution >= 4 is 22.7 Å². The van der Waals surface area contributed by atoms with Gasteiger partial charge in [0.1, 0.15) is 0 Å². The van der Waals surface area contributed by atoms with Crippen molar-refractivity contribution in [3.05, 3.63) is 53.1 Å². The highest BCUT2D eigenvalue weighted by Gasteiger charge is 2.19. The third-order valence-corrected chi connectivity index (χ3v) is 3.85. The van der Waals surface area contributed by atoms with Gasteiger partial charge in [-0.25, -0.2) is 0 Å². The van der Waals surface area contributed by atoms with Gasteiger partial charge in [-0.15, -0.1) is 0 Å². The summed E-state index contributed by atoms with van der Waals surface area (Å²) in [7, 11) is 0. The molecule has 0 aliphatic rings. The van der Waals surface area contributed by atoms with E-state index in [9.17, 15) is 14.7 Å². The predicted octanol–water partition coefficient (Wildman–Crippen LogP) is 1.85. The maximum absolute atomic E-state index is 12.0. The Morgan fingerprint density at radius 2 is 2.08 bits per heavy atom. The first kappa shape index (κ1) is 15.7.